The fraction of sp³-hybridized carbons (Fsp3) is 0.0769. The van der Waals surface area contributed by atoms with Gasteiger partial charge < -0.3 is 5.11 Å². The van der Waals surface area contributed by atoms with Crippen LogP contribution in [0.4, 0.5) is 0 Å². The van der Waals surface area contributed by atoms with E-state index in [1.807, 2.05) is 30.3 Å². The Morgan fingerprint density at radius 2 is 2.21 bits per heavy atom. The van der Waals surface area contributed by atoms with Crippen LogP contribution in [0.15, 0.2) is 42.7 Å². The maximum absolute atomic E-state index is 10.6. The van der Waals surface area contributed by atoms with Gasteiger partial charge in [-0.25, -0.2) is 4.68 Å². The SMILES string of the molecule is O=C(O)Cc1cn(-c2ccc3ncccc3c2)nn1. The number of hydrogen-bond acceptors (Lipinski definition) is 4. The molecule has 19 heavy (non-hydrogen) atoms. The van der Waals surface area contributed by atoms with Gasteiger partial charge in [-0.3, -0.25) is 9.78 Å². The number of pyridine rings is 1. The largest absolute Gasteiger partial charge is 0.481 e. The van der Waals surface area contributed by atoms with Crippen LogP contribution in [-0.4, -0.2) is 31.1 Å². The van der Waals surface area contributed by atoms with E-state index in [1.165, 1.54) is 0 Å². The Labute approximate surface area is 108 Å². The molecule has 0 aliphatic carbocycles. The molecule has 1 N–H and O–H groups in total. The fourth-order valence-corrected chi connectivity index (χ4v) is 1.87. The van der Waals surface area contributed by atoms with Gasteiger partial charge in [0.2, 0.25) is 0 Å². The summed E-state index contributed by atoms with van der Waals surface area (Å²) in [5, 5.41) is 17.5. The third-order valence-electron chi connectivity index (χ3n) is 2.72. The second kappa shape index (κ2) is 4.49. The number of aromatic nitrogens is 4. The monoisotopic (exact) mass is 254 g/mol. The highest BCUT2D eigenvalue weighted by Gasteiger charge is 2.07. The third-order valence-corrected chi connectivity index (χ3v) is 2.72. The summed E-state index contributed by atoms with van der Waals surface area (Å²) in [7, 11) is 0. The molecule has 0 fully saturated rings. The first-order valence-electron chi connectivity index (χ1n) is 5.70. The molecule has 2 aromatic heterocycles. The molecule has 0 unspecified atom stereocenters. The zero-order valence-electron chi connectivity index (χ0n) is 9.89. The molecular weight excluding hydrogens is 244 g/mol. The van der Waals surface area contributed by atoms with E-state index in [0.29, 0.717) is 5.69 Å². The van der Waals surface area contributed by atoms with Crippen molar-refractivity contribution in [2.24, 2.45) is 0 Å². The number of hydrogen-bond donors (Lipinski definition) is 1. The standard InChI is InChI=1S/C13H10N4O2/c18-13(19)7-10-8-17(16-15-10)11-3-4-12-9(6-11)2-1-5-14-12/h1-6,8H,7H2,(H,18,19). The Morgan fingerprint density at radius 1 is 1.32 bits per heavy atom. The van der Waals surface area contributed by atoms with E-state index in [2.05, 4.69) is 15.3 Å². The van der Waals surface area contributed by atoms with Crippen molar-refractivity contribution in [3.05, 3.63) is 48.4 Å². The van der Waals surface area contributed by atoms with Crippen molar-refractivity contribution >= 4 is 16.9 Å². The van der Waals surface area contributed by atoms with Crippen molar-refractivity contribution in [3.8, 4) is 5.69 Å². The Bertz CT molecular complexity index is 751. The maximum atomic E-state index is 10.6. The highest BCUT2D eigenvalue weighted by molar-refractivity contribution is 5.80. The molecule has 0 saturated heterocycles. The zero-order chi connectivity index (χ0) is 13.2. The van der Waals surface area contributed by atoms with Gasteiger partial charge in [-0.1, -0.05) is 11.3 Å². The minimum absolute atomic E-state index is 0.130. The summed E-state index contributed by atoms with van der Waals surface area (Å²) in [6, 6.07) is 9.52. The van der Waals surface area contributed by atoms with Gasteiger partial charge in [-0.2, -0.15) is 0 Å². The number of carboxylic acid groups (broad SMARTS) is 1. The summed E-state index contributed by atoms with van der Waals surface area (Å²) in [4.78, 5) is 14.8. The van der Waals surface area contributed by atoms with Crippen LogP contribution in [0, 0.1) is 0 Å². The highest BCUT2D eigenvalue weighted by Crippen LogP contribution is 2.16. The smallest absolute Gasteiger partial charge is 0.309 e. The molecule has 0 amide bonds. The lowest BCUT2D eigenvalue weighted by Crippen LogP contribution is -1.99. The summed E-state index contributed by atoms with van der Waals surface area (Å²) in [6.07, 6.45) is 3.23. The molecule has 94 valence electrons. The van der Waals surface area contributed by atoms with Crippen LogP contribution in [0.25, 0.3) is 16.6 Å². The molecule has 2 heterocycles. The third kappa shape index (κ3) is 2.28. The van der Waals surface area contributed by atoms with Crippen molar-refractivity contribution in [1.82, 2.24) is 20.0 Å². The lowest BCUT2D eigenvalue weighted by atomic mass is 10.2. The maximum Gasteiger partial charge on any atom is 0.309 e. The topological polar surface area (TPSA) is 80.9 Å². The van der Waals surface area contributed by atoms with E-state index in [0.717, 1.165) is 16.6 Å². The molecule has 1 aromatic carbocycles. The fourth-order valence-electron chi connectivity index (χ4n) is 1.87. The van der Waals surface area contributed by atoms with Crippen LogP contribution in [0.2, 0.25) is 0 Å². The minimum Gasteiger partial charge on any atom is -0.481 e. The number of carboxylic acids is 1. The molecule has 3 aromatic rings. The molecular formula is C13H10N4O2. The minimum atomic E-state index is -0.922. The number of benzene rings is 1. The Balaban J connectivity index is 1.99. The van der Waals surface area contributed by atoms with E-state index in [9.17, 15) is 4.79 Å². The summed E-state index contributed by atoms with van der Waals surface area (Å²) in [5.41, 5.74) is 2.15. The molecule has 0 bridgehead atoms. The summed E-state index contributed by atoms with van der Waals surface area (Å²) >= 11 is 0. The van der Waals surface area contributed by atoms with Crippen LogP contribution in [0.1, 0.15) is 5.69 Å². The predicted molar refractivity (Wildman–Crippen MR) is 68.0 cm³/mol. The van der Waals surface area contributed by atoms with Gasteiger partial charge in [-0.05, 0) is 24.3 Å². The quantitative estimate of drug-likeness (QED) is 0.765. The van der Waals surface area contributed by atoms with E-state index in [1.54, 1.807) is 17.1 Å². The molecule has 3 rings (SSSR count). The van der Waals surface area contributed by atoms with Crippen molar-refractivity contribution < 1.29 is 9.90 Å². The van der Waals surface area contributed by atoms with E-state index >= 15 is 0 Å². The Kier molecular flexibility index (Phi) is 2.68. The number of rotatable bonds is 3. The van der Waals surface area contributed by atoms with Gasteiger partial charge in [0, 0.05) is 11.6 Å². The van der Waals surface area contributed by atoms with Gasteiger partial charge in [0.1, 0.15) is 0 Å². The van der Waals surface area contributed by atoms with Gasteiger partial charge >= 0.3 is 5.97 Å². The van der Waals surface area contributed by atoms with Gasteiger partial charge in [-0.15, -0.1) is 5.10 Å². The molecule has 0 saturated carbocycles. The number of fused-ring (bicyclic) bond motifs is 1. The van der Waals surface area contributed by atoms with Crippen LogP contribution in [0.5, 0.6) is 0 Å². The van der Waals surface area contributed by atoms with Gasteiger partial charge in [0.05, 0.1) is 29.5 Å². The summed E-state index contributed by atoms with van der Waals surface area (Å²) in [6.45, 7) is 0. The molecule has 6 heteroatoms. The van der Waals surface area contributed by atoms with E-state index < -0.39 is 5.97 Å². The molecule has 0 atom stereocenters. The first-order valence-corrected chi connectivity index (χ1v) is 5.70. The first-order chi connectivity index (χ1) is 9.22. The lowest BCUT2D eigenvalue weighted by molar-refractivity contribution is -0.136. The van der Waals surface area contributed by atoms with Crippen LogP contribution >= 0.6 is 0 Å². The van der Waals surface area contributed by atoms with Crippen LogP contribution in [-0.2, 0) is 11.2 Å². The van der Waals surface area contributed by atoms with E-state index in [4.69, 9.17) is 5.11 Å². The van der Waals surface area contributed by atoms with Gasteiger partial charge in [0.15, 0.2) is 0 Å². The van der Waals surface area contributed by atoms with Crippen molar-refractivity contribution in [3.63, 3.8) is 0 Å². The molecule has 0 radical (unpaired) electrons. The summed E-state index contributed by atoms with van der Waals surface area (Å²) in [5.74, 6) is -0.922. The average Bonchev–Trinajstić information content (AvgIpc) is 2.86. The second-order valence-electron chi connectivity index (χ2n) is 4.11. The van der Waals surface area contributed by atoms with Crippen molar-refractivity contribution in [1.29, 1.82) is 0 Å². The van der Waals surface area contributed by atoms with Crippen molar-refractivity contribution in [2.75, 3.05) is 0 Å². The van der Waals surface area contributed by atoms with Crippen LogP contribution in [0.3, 0.4) is 0 Å². The van der Waals surface area contributed by atoms with Crippen LogP contribution < -0.4 is 0 Å². The van der Waals surface area contributed by atoms with Gasteiger partial charge in [0.25, 0.3) is 0 Å². The lowest BCUT2D eigenvalue weighted by Gasteiger charge is -2.01. The molecule has 6 nitrogen and oxygen atoms in total. The van der Waals surface area contributed by atoms with Crippen molar-refractivity contribution in [2.45, 2.75) is 6.42 Å². The number of carbonyl (C=O) groups is 1. The molecule has 0 spiro atoms. The number of nitrogens with zero attached hydrogens (tertiary/aromatic N) is 4. The average molecular weight is 254 g/mol. The second-order valence-corrected chi connectivity index (χ2v) is 4.11. The normalized spacial score (nSPS) is 10.7. The first kappa shape index (κ1) is 11.3. The molecule has 0 aliphatic rings. The molecule has 0 aliphatic heterocycles. The summed E-state index contributed by atoms with van der Waals surface area (Å²) < 4.78 is 1.56. The predicted octanol–water partition coefficient (Wildman–Crippen LogP) is 1.44. The zero-order valence-corrected chi connectivity index (χ0v) is 9.89. The van der Waals surface area contributed by atoms with E-state index in [-0.39, 0.29) is 6.42 Å². The Hall–Kier alpha value is -2.76. The Morgan fingerprint density at radius 3 is 3.05 bits per heavy atom. The highest BCUT2D eigenvalue weighted by atomic mass is 16.4. The number of aliphatic carboxylic acids is 1.